The molecule has 1 aliphatic heterocycles. The van der Waals surface area contributed by atoms with E-state index in [-0.39, 0.29) is 135 Å². The number of esters is 2. The maximum Gasteiger partial charge on any atom is 0.311 e. The van der Waals surface area contributed by atoms with Crippen molar-refractivity contribution in [3.8, 4) is 11.5 Å². The summed E-state index contributed by atoms with van der Waals surface area (Å²) in [6.45, 7) is 12.9. The third-order valence-electron chi connectivity index (χ3n) is 24.4. The van der Waals surface area contributed by atoms with E-state index in [1.165, 1.54) is 0 Å². The Labute approximate surface area is 470 Å². The molecule has 3 aromatic carbocycles. The Balaban J connectivity index is 0.678. The predicted octanol–water partition coefficient (Wildman–Crippen LogP) is 11.8. The molecule has 3 aromatic rings. The fraction of sp³-hybridized carbons (Fsp3) is 0.603. The highest BCUT2D eigenvalue weighted by Crippen LogP contribution is 2.68. The lowest BCUT2D eigenvalue weighted by Crippen LogP contribution is -2.60. The molecule has 0 aromatic heterocycles. The summed E-state index contributed by atoms with van der Waals surface area (Å²) in [6, 6.07) is 21.6. The van der Waals surface area contributed by atoms with E-state index < -0.39 is 28.2 Å². The second-order valence-corrected chi connectivity index (χ2v) is 27.7. The van der Waals surface area contributed by atoms with Crippen LogP contribution in [0.2, 0.25) is 0 Å². The van der Waals surface area contributed by atoms with Gasteiger partial charge in [-0.1, -0.05) is 84.0 Å². The molecule has 12 heteroatoms. The number of nitrogens with one attached hydrogen (secondary N) is 1. The first-order chi connectivity index (χ1) is 38.1. The first kappa shape index (κ1) is 54.7. The zero-order chi connectivity index (χ0) is 56.4. The van der Waals surface area contributed by atoms with Gasteiger partial charge in [0.15, 0.2) is 0 Å². The van der Waals surface area contributed by atoms with E-state index in [2.05, 4.69) is 46.9 Å². The summed E-state index contributed by atoms with van der Waals surface area (Å²) >= 11 is 0. The largest absolute Gasteiger partial charge is 0.427 e. The number of benzene rings is 3. The minimum absolute atomic E-state index is 0.0149. The van der Waals surface area contributed by atoms with Crippen LogP contribution in [-0.2, 0) is 48.6 Å². The average molecular weight is 1090 g/mol. The molecule has 12 nitrogen and oxygen atoms in total. The summed E-state index contributed by atoms with van der Waals surface area (Å²) in [4.78, 5) is 123. The number of ether oxygens (including phenoxy) is 2. The van der Waals surface area contributed by atoms with Crippen molar-refractivity contribution < 1.29 is 52.6 Å². The number of anilines is 1. The number of rotatable bonds is 12. The smallest absolute Gasteiger partial charge is 0.311 e. The van der Waals surface area contributed by atoms with Crippen LogP contribution in [0.5, 0.6) is 11.5 Å². The first-order valence-electron chi connectivity index (χ1n) is 30.3. The number of fused-ring (bicyclic) bond motifs is 11. The molecule has 1 amide bonds. The van der Waals surface area contributed by atoms with Gasteiger partial charge in [-0.25, -0.2) is 0 Å². The zero-order valence-electron chi connectivity index (χ0n) is 47.6. The van der Waals surface area contributed by atoms with Gasteiger partial charge in [0.2, 0.25) is 5.91 Å². The topological polar surface area (TPSA) is 184 Å². The average Bonchev–Trinajstić information content (AvgIpc) is 4.23. The van der Waals surface area contributed by atoms with Crippen molar-refractivity contribution >= 4 is 58.2 Å². The molecule has 0 radical (unpaired) electrons. The third kappa shape index (κ3) is 8.33. The van der Waals surface area contributed by atoms with Crippen LogP contribution in [0, 0.1) is 92.7 Å². The Kier molecular flexibility index (Phi) is 13.6. The van der Waals surface area contributed by atoms with Crippen molar-refractivity contribution in [3.05, 3.63) is 89.5 Å². The van der Waals surface area contributed by atoms with Crippen molar-refractivity contribution in [2.75, 3.05) is 5.32 Å². The summed E-state index contributed by atoms with van der Waals surface area (Å²) in [6.07, 6.45) is 9.75. The lowest BCUT2D eigenvalue weighted by atomic mass is 9.44. The highest BCUT2D eigenvalue weighted by Gasteiger charge is 2.68. The lowest BCUT2D eigenvalue weighted by molar-refractivity contribution is -0.168. The van der Waals surface area contributed by atoms with E-state index in [9.17, 15) is 43.2 Å². The molecule has 1 N–H and O–H groups in total. The summed E-state index contributed by atoms with van der Waals surface area (Å²) in [5.74, 6) is 0.866. The summed E-state index contributed by atoms with van der Waals surface area (Å²) in [5.41, 5.74) is -0.174. The fourth-order valence-electron chi connectivity index (χ4n) is 19.8. The maximum atomic E-state index is 14.4. The van der Waals surface area contributed by atoms with Crippen LogP contribution in [0.4, 0.5) is 5.69 Å². The highest BCUT2D eigenvalue weighted by atomic mass is 16.5. The van der Waals surface area contributed by atoms with Gasteiger partial charge in [-0.3, -0.25) is 43.2 Å². The van der Waals surface area contributed by atoms with Crippen molar-refractivity contribution in [3.63, 3.8) is 0 Å². The van der Waals surface area contributed by atoms with Crippen LogP contribution in [0.3, 0.4) is 0 Å². The van der Waals surface area contributed by atoms with E-state index in [0.717, 1.165) is 44.1 Å². The molecule has 9 aliphatic rings. The number of amides is 1. The third-order valence-corrected chi connectivity index (χ3v) is 24.4. The predicted molar refractivity (Wildman–Crippen MR) is 298 cm³/mol. The van der Waals surface area contributed by atoms with E-state index >= 15 is 0 Å². The molecule has 8 aliphatic carbocycles. The number of carbonyl (C=O) groups excluding carboxylic acids is 9. The van der Waals surface area contributed by atoms with Crippen LogP contribution in [0.1, 0.15) is 174 Å². The van der Waals surface area contributed by atoms with Crippen molar-refractivity contribution in [1.82, 2.24) is 0 Å². The normalized spacial score (nSPS) is 38.6. The lowest BCUT2D eigenvalue weighted by Gasteiger charge is -2.58. The highest BCUT2D eigenvalue weighted by molar-refractivity contribution is 6.11. The molecule has 0 saturated heterocycles. The Morgan fingerprint density at radius 3 is 1.40 bits per heavy atom. The summed E-state index contributed by atoms with van der Waals surface area (Å²) in [7, 11) is 0. The van der Waals surface area contributed by atoms with E-state index in [4.69, 9.17) is 9.47 Å². The van der Waals surface area contributed by atoms with E-state index in [1.807, 2.05) is 24.3 Å². The second-order valence-electron chi connectivity index (χ2n) is 27.7. The Hall–Kier alpha value is -5.91. The van der Waals surface area contributed by atoms with Crippen molar-refractivity contribution in [1.29, 1.82) is 0 Å². The molecule has 12 rings (SSSR count). The van der Waals surface area contributed by atoms with E-state index in [1.54, 1.807) is 48.5 Å². The second kappa shape index (κ2) is 19.9. The SMILES string of the molecule is C[C@H](CCC(=O)Oc1ccc(C2(c3ccc(OC(=O)CC[C@@H](C)[C@H]4CC[C@H]5[C@@H]6C(=O)C[C@@H]7CC(=O)CC[C@]7(C)[C@H]6CC(=O)[C@]45C)cc3)C(=O)Nc3ccccc32)cc1)[C@H]1CC[C@H]2[C@@H]3C(=O)C[C@@H]4CC(=O)CC[C@]4(C)[C@H]3CC(=O)[C@]12C. The molecular weight excluding hydrogens is 1010 g/mol. The zero-order valence-corrected chi connectivity index (χ0v) is 47.6. The molecule has 0 unspecified atom stereocenters. The van der Waals surface area contributed by atoms with Gasteiger partial charge >= 0.3 is 11.9 Å². The number of carbonyl (C=O) groups is 9. The molecule has 422 valence electrons. The van der Waals surface area contributed by atoms with Gasteiger partial charge in [0.1, 0.15) is 51.6 Å². The van der Waals surface area contributed by atoms with Gasteiger partial charge in [-0.2, -0.15) is 0 Å². The van der Waals surface area contributed by atoms with Gasteiger partial charge in [0, 0.05) is 98.1 Å². The molecular formula is C68H79NO11. The first-order valence-corrected chi connectivity index (χ1v) is 30.3. The van der Waals surface area contributed by atoms with Gasteiger partial charge in [-0.15, -0.1) is 0 Å². The number of para-hydroxylation sites is 1. The number of ketones is 6. The van der Waals surface area contributed by atoms with Crippen molar-refractivity contribution in [2.24, 2.45) is 92.7 Å². The standard InChI is InChI=1S/C68H79NO11/c1-37(47-21-23-50-61-52(35-57(74)66(47,50)5)64(3)29-27-43(70)31-41(64)33-55(61)72)11-25-59(76)79-45-17-13-39(14-18-45)68(49-9-7-8-10-54(49)69-63(68)78)40-15-19-46(20-16-40)80-60(77)26-12-38(2)48-22-24-51-62-53(36-58(75)67(48,51)6)65(4)30-28-44(71)32-42(65)34-56(62)73/h7-10,13-20,37-38,41-42,47-48,50-53,61-62H,11-12,21-36H2,1-6H3,(H,69,78)/t37-,38-,41+,42+,47-,48-,50+,51+,52+,53+,61+,62+,64+,65+,66-,67-/m1/s1. The minimum atomic E-state index is -1.28. The molecule has 80 heavy (non-hydrogen) atoms. The Morgan fingerprint density at radius 2 is 0.963 bits per heavy atom. The molecule has 16 atom stereocenters. The Morgan fingerprint density at radius 1 is 0.537 bits per heavy atom. The number of Topliss-reactive ketones (excluding diaryl/α,β-unsaturated/α-hetero) is 6. The van der Waals surface area contributed by atoms with Crippen LogP contribution >= 0.6 is 0 Å². The monoisotopic (exact) mass is 1090 g/mol. The van der Waals surface area contributed by atoms with Gasteiger partial charge < -0.3 is 14.8 Å². The van der Waals surface area contributed by atoms with Crippen LogP contribution in [-0.4, -0.2) is 52.5 Å². The maximum absolute atomic E-state index is 14.4. The van der Waals surface area contributed by atoms with Gasteiger partial charge in [0.25, 0.3) is 0 Å². The molecule has 8 fully saturated rings. The van der Waals surface area contributed by atoms with Crippen LogP contribution in [0.25, 0.3) is 0 Å². The molecule has 8 saturated carbocycles. The van der Waals surface area contributed by atoms with E-state index in [0.29, 0.717) is 92.5 Å². The van der Waals surface area contributed by atoms with Crippen LogP contribution in [0.15, 0.2) is 72.8 Å². The number of hydrogen-bond donors (Lipinski definition) is 1. The molecule has 1 heterocycles. The van der Waals surface area contributed by atoms with Crippen LogP contribution < -0.4 is 14.8 Å². The molecule has 0 spiro atoms. The summed E-state index contributed by atoms with van der Waals surface area (Å²) in [5, 5.41) is 3.08. The molecule has 0 bridgehead atoms. The quantitative estimate of drug-likeness (QED) is 0.134. The fourth-order valence-corrected chi connectivity index (χ4v) is 19.8. The minimum Gasteiger partial charge on any atom is -0.427 e. The van der Waals surface area contributed by atoms with Gasteiger partial charge in [-0.05, 0) is 163 Å². The van der Waals surface area contributed by atoms with Crippen molar-refractivity contribution in [2.45, 2.75) is 163 Å². The van der Waals surface area contributed by atoms with Gasteiger partial charge in [0.05, 0.1) is 0 Å². The summed E-state index contributed by atoms with van der Waals surface area (Å²) < 4.78 is 11.8. The number of hydrogen-bond acceptors (Lipinski definition) is 11. The Bertz CT molecular complexity index is 2930.